The molecule has 0 aromatic heterocycles. The maximum absolute atomic E-state index is 10.3. The van der Waals surface area contributed by atoms with Gasteiger partial charge in [-0.15, -0.1) is 0 Å². The van der Waals surface area contributed by atoms with Crippen LogP contribution < -0.4 is 5.73 Å². The lowest BCUT2D eigenvalue weighted by atomic mass is 10.0. The minimum atomic E-state index is -0.208. The van der Waals surface area contributed by atoms with Gasteiger partial charge in [0.2, 0.25) is 0 Å². The first-order valence-corrected chi connectivity index (χ1v) is 4.25. The van der Waals surface area contributed by atoms with Crippen molar-refractivity contribution >= 4 is 5.94 Å². The molecule has 1 atom stereocenters. The molecule has 2 nitrogen and oxygen atoms in total. The zero-order valence-corrected chi connectivity index (χ0v) is 7.66. The van der Waals surface area contributed by atoms with E-state index in [4.69, 9.17) is 5.73 Å². The minimum absolute atomic E-state index is 0.208. The van der Waals surface area contributed by atoms with Gasteiger partial charge in [0.05, 0.1) is 0 Å². The van der Waals surface area contributed by atoms with Crippen LogP contribution in [0.3, 0.4) is 0 Å². The molecule has 1 unspecified atom stereocenters. The van der Waals surface area contributed by atoms with Crippen LogP contribution in [0.5, 0.6) is 0 Å². The van der Waals surface area contributed by atoms with Crippen molar-refractivity contribution in [3.05, 3.63) is 41.5 Å². The molecule has 13 heavy (non-hydrogen) atoms. The molecule has 0 radical (unpaired) electrons. The van der Waals surface area contributed by atoms with Gasteiger partial charge in [0.1, 0.15) is 5.94 Å². The van der Waals surface area contributed by atoms with E-state index in [-0.39, 0.29) is 6.04 Å². The molecule has 0 aliphatic rings. The van der Waals surface area contributed by atoms with E-state index in [2.05, 4.69) is 0 Å². The molecule has 0 bridgehead atoms. The average Bonchev–Trinajstić information content (AvgIpc) is 2.18. The van der Waals surface area contributed by atoms with E-state index in [1.165, 1.54) is 0 Å². The molecule has 0 aliphatic heterocycles. The standard InChI is InChI=1S/C11H13NO/c1-9(8-13)11(12)7-10-5-3-2-4-6-10/h2-6,11H,7,12H2,1H3. The number of nitrogens with two attached hydrogens (primary N) is 1. The van der Waals surface area contributed by atoms with Crippen LogP contribution >= 0.6 is 0 Å². The van der Waals surface area contributed by atoms with Crippen LogP contribution in [0.15, 0.2) is 35.9 Å². The van der Waals surface area contributed by atoms with Crippen LogP contribution in [-0.4, -0.2) is 12.0 Å². The summed E-state index contributed by atoms with van der Waals surface area (Å²) in [5.74, 6) is 1.83. The first-order valence-electron chi connectivity index (χ1n) is 4.25. The molecule has 0 heterocycles. The van der Waals surface area contributed by atoms with E-state index in [1.54, 1.807) is 6.92 Å². The SMILES string of the molecule is CC(=C=O)C(N)Cc1ccccc1. The van der Waals surface area contributed by atoms with Crippen molar-refractivity contribution in [3.8, 4) is 0 Å². The molecule has 0 saturated heterocycles. The van der Waals surface area contributed by atoms with Crippen LogP contribution in [0.25, 0.3) is 0 Å². The second-order valence-corrected chi connectivity index (χ2v) is 3.08. The Balaban J connectivity index is 2.65. The smallest absolute Gasteiger partial charge is 0.124 e. The Kier molecular flexibility index (Phi) is 3.44. The summed E-state index contributed by atoms with van der Waals surface area (Å²) in [6.45, 7) is 1.71. The Morgan fingerprint density at radius 2 is 2.08 bits per heavy atom. The second kappa shape index (κ2) is 4.61. The fourth-order valence-corrected chi connectivity index (χ4v) is 1.10. The summed E-state index contributed by atoms with van der Waals surface area (Å²) in [5, 5.41) is 0. The fourth-order valence-electron chi connectivity index (χ4n) is 1.10. The zero-order valence-electron chi connectivity index (χ0n) is 7.66. The van der Waals surface area contributed by atoms with Crippen molar-refractivity contribution < 1.29 is 4.79 Å². The van der Waals surface area contributed by atoms with Gasteiger partial charge in [-0.05, 0) is 18.9 Å². The first kappa shape index (κ1) is 9.72. The Hall–Kier alpha value is -1.37. The molecule has 0 saturated carbocycles. The van der Waals surface area contributed by atoms with Gasteiger partial charge in [-0.1, -0.05) is 30.3 Å². The third-order valence-electron chi connectivity index (χ3n) is 2.02. The highest BCUT2D eigenvalue weighted by atomic mass is 16.1. The highest BCUT2D eigenvalue weighted by molar-refractivity contribution is 5.53. The number of carbonyl (C=O) groups excluding carboxylic acids is 1. The molecule has 0 amide bonds. The maximum Gasteiger partial charge on any atom is 0.124 e. The van der Waals surface area contributed by atoms with E-state index in [0.29, 0.717) is 12.0 Å². The van der Waals surface area contributed by atoms with Crippen LogP contribution in [0, 0.1) is 0 Å². The molecule has 68 valence electrons. The summed E-state index contributed by atoms with van der Waals surface area (Å²) in [6, 6.07) is 9.66. The predicted molar refractivity (Wildman–Crippen MR) is 53.0 cm³/mol. The third kappa shape index (κ3) is 2.86. The first-order chi connectivity index (χ1) is 6.24. The van der Waals surface area contributed by atoms with Crippen LogP contribution in [0.4, 0.5) is 0 Å². The van der Waals surface area contributed by atoms with Gasteiger partial charge < -0.3 is 5.73 Å². The summed E-state index contributed by atoms with van der Waals surface area (Å²) in [7, 11) is 0. The molecular formula is C11H13NO. The van der Waals surface area contributed by atoms with Gasteiger partial charge >= 0.3 is 0 Å². The van der Waals surface area contributed by atoms with E-state index in [0.717, 1.165) is 5.56 Å². The van der Waals surface area contributed by atoms with Gasteiger partial charge in [0, 0.05) is 11.6 Å². The summed E-state index contributed by atoms with van der Waals surface area (Å²) < 4.78 is 0. The van der Waals surface area contributed by atoms with E-state index in [9.17, 15) is 4.79 Å². The van der Waals surface area contributed by atoms with Crippen LogP contribution in [0.1, 0.15) is 12.5 Å². The molecule has 1 aromatic rings. The highest BCUT2D eigenvalue weighted by Crippen LogP contribution is 2.05. The van der Waals surface area contributed by atoms with Crippen LogP contribution in [0.2, 0.25) is 0 Å². The summed E-state index contributed by atoms with van der Waals surface area (Å²) >= 11 is 0. The zero-order chi connectivity index (χ0) is 9.68. The lowest BCUT2D eigenvalue weighted by molar-refractivity contribution is 0.564. The van der Waals surface area contributed by atoms with Crippen molar-refractivity contribution in [2.24, 2.45) is 5.73 Å². The second-order valence-electron chi connectivity index (χ2n) is 3.08. The summed E-state index contributed by atoms with van der Waals surface area (Å²) in [4.78, 5) is 10.3. The summed E-state index contributed by atoms with van der Waals surface area (Å²) in [5.41, 5.74) is 7.48. The van der Waals surface area contributed by atoms with Crippen molar-refractivity contribution in [2.45, 2.75) is 19.4 Å². The van der Waals surface area contributed by atoms with Gasteiger partial charge in [0.15, 0.2) is 0 Å². The Morgan fingerprint density at radius 1 is 1.46 bits per heavy atom. The fraction of sp³-hybridized carbons (Fsp3) is 0.273. The van der Waals surface area contributed by atoms with Gasteiger partial charge in [0.25, 0.3) is 0 Å². The van der Waals surface area contributed by atoms with Crippen molar-refractivity contribution in [3.63, 3.8) is 0 Å². The number of rotatable bonds is 3. The number of hydrogen-bond acceptors (Lipinski definition) is 2. The van der Waals surface area contributed by atoms with Crippen molar-refractivity contribution in [2.75, 3.05) is 0 Å². The third-order valence-corrected chi connectivity index (χ3v) is 2.02. The molecule has 2 N–H and O–H groups in total. The lowest BCUT2D eigenvalue weighted by Gasteiger charge is -2.08. The molecule has 2 heteroatoms. The Bertz CT molecular complexity index is 312. The normalized spacial score (nSPS) is 11.8. The summed E-state index contributed by atoms with van der Waals surface area (Å²) in [6.07, 6.45) is 0.696. The van der Waals surface area contributed by atoms with E-state index < -0.39 is 0 Å². The van der Waals surface area contributed by atoms with Crippen molar-refractivity contribution in [1.29, 1.82) is 0 Å². The van der Waals surface area contributed by atoms with Crippen LogP contribution in [-0.2, 0) is 11.2 Å². The monoisotopic (exact) mass is 175 g/mol. The highest BCUT2D eigenvalue weighted by Gasteiger charge is 2.05. The average molecular weight is 175 g/mol. The Morgan fingerprint density at radius 3 is 2.62 bits per heavy atom. The Labute approximate surface area is 78.1 Å². The molecule has 0 aliphatic carbocycles. The van der Waals surface area contributed by atoms with E-state index >= 15 is 0 Å². The quantitative estimate of drug-likeness (QED) is 0.704. The number of hydrogen-bond donors (Lipinski definition) is 1. The predicted octanol–water partition coefficient (Wildman–Crippen LogP) is 1.33. The molecule has 1 aromatic carbocycles. The molecule has 1 rings (SSSR count). The number of benzene rings is 1. The van der Waals surface area contributed by atoms with Gasteiger partial charge in [-0.2, -0.15) is 0 Å². The largest absolute Gasteiger partial charge is 0.323 e. The van der Waals surface area contributed by atoms with Crippen molar-refractivity contribution in [1.82, 2.24) is 0 Å². The maximum atomic E-state index is 10.3. The van der Waals surface area contributed by atoms with Gasteiger partial charge in [-0.3, -0.25) is 0 Å². The minimum Gasteiger partial charge on any atom is -0.323 e. The van der Waals surface area contributed by atoms with Gasteiger partial charge in [-0.25, -0.2) is 4.79 Å². The molecule has 0 spiro atoms. The lowest BCUT2D eigenvalue weighted by Crippen LogP contribution is -2.24. The molecule has 0 fully saturated rings. The van der Waals surface area contributed by atoms with E-state index in [1.807, 2.05) is 36.3 Å². The molecular weight excluding hydrogens is 162 g/mol. The topological polar surface area (TPSA) is 43.1 Å².